The number of imide groups is 1. The minimum atomic E-state index is -0.832. The molecule has 10 nitrogen and oxygen atoms in total. The van der Waals surface area contributed by atoms with E-state index in [1.807, 2.05) is 42.6 Å². The van der Waals surface area contributed by atoms with Gasteiger partial charge in [-0.05, 0) is 42.1 Å². The zero-order valence-electron chi connectivity index (χ0n) is 20.8. The van der Waals surface area contributed by atoms with Crippen LogP contribution in [0.15, 0.2) is 75.9 Å². The maximum absolute atomic E-state index is 13.8. The molecule has 3 amide bonds. The van der Waals surface area contributed by atoms with E-state index < -0.39 is 33.8 Å². The molecule has 13 heteroatoms. The Balaban J connectivity index is 1.37. The van der Waals surface area contributed by atoms with Crippen LogP contribution in [0.3, 0.4) is 0 Å². The van der Waals surface area contributed by atoms with E-state index in [0.717, 1.165) is 38.4 Å². The number of nitrogens with zero attached hydrogens (tertiary/aromatic N) is 3. The molecule has 1 fully saturated rings. The number of carbonyl (C=O) groups is 3. The first-order chi connectivity index (χ1) is 19.2. The molecule has 0 saturated carbocycles. The highest BCUT2D eigenvalue weighted by Gasteiger charge is 2.57. The maximum atomic E-state index is 13.8. The fraction of sp³-hybridized carbons (Fsp3) is 0.185. The van der Waals surface area contributed by atoms with Crippen molar-refractivity contribution in [2.45, 2.75) is 29.7 Å². The SMILES string of the molecule is Cc1ccccc1NC(=O)Cn1c2c(sc1=O)C(c1cccs1)C1C(=O)N(c3ccc([N+](=O)[O-])cc3)C(=O)C1S2. The van der Waals surface area contributed by atoms with Gasteiger partial charge in [-0.15, -0.1) is 11.3 Å². The number of hydrogen-bond acceptors (Lipinski definition) is 9. The Hall–Kier alpha value is -4.07. The van der Waals surface area contributed by atoms with E-state index in [4.69, 9.17) is 0 Å². The number of thioether (sulfide) groups is 1. The van der Waals surface area contributed by atoms with Gasteiger partial charge in [0, 0.05) is 33.5 Å². The highest BCUT2D eigenvalue weighted by molar-refractivity contribution is 8.00. The number of rotatable bonds is 6. The minimum Gasteiger partial charge on any atom is -0.324 e. The summed E-state index contributed by atoms with van der Waals surface area (Å²) >= 11 is 3.54. The molecule has 0 radical (unpaired) electrons. The number of nitro groups is 1. The maximum Gasteiger partial charge on any atom is 0.308 e. The molecule has 6 rings (SSSR count). The molecule has 2 aliphatic rings. The van der Waals surface area contributed by atoms with E-state index in [0.29, 0.717) is 15.6 Å². The van der Waals surface area contributed by atoms with Crippen molar-refractivity contribution in [2.24, 2.45) is 5.92 Å². The van der Waals surface area contributed by atoms with Crippen LogP contribution in [0.4, 0.5) is 17.1 Å². The molecule has 4 aromatic rings. The lowest BCUT2D eigenvalue weighted by Crippen LogP contribution is -2.32. The van der Waals surface area contributed by atoms with E-state index in [-0.39, 0.29) is 28.7 Å². The Bertz CT molecular complexity index is 1730. The number of hydrogen-bond donors (Lipinski definition) is 1. The first-order valence-electron chi connectivity index (χ1n) is 12.2. The number of aromatic nitrogens is 1. The van der Waals surface area contributed by atoms with Gasteiger partial charge in [0.25, 0.3) is 5.69 Å². The van der Waals surface area contributed by atoms with Crippen LogP contribution in [0.25, 0.3) is 0 Å². The van der Waals surface area contributed by atoms with Crippen molar-refractivity contribution in [3.8, 4) is 0 Å². The molecular weight excluding hydrogens is 573 g/mol. The summed E-state index contributed by atoms with van der Waals surface area (Å²) in [7, 11) is 0. The number of thiazole rings is 1. The molecule has 1 N–H and O–H groups in total. The third kappa shape index (κ3) is 4.35. The Labute approximate surface area is 239 Å². The highest BCUT2D eigenvalue weighted by atomic mass is 32.2. The lowest BCUT2D eigenvalue weighted by molar-refractivity contribution is -0.384. The Morgan fingerprint density at radius 1 is 1.02 bits per heavy atom. The molecule has 0 aliphatic carbocycles. The number of thiophene rings is 1. The number of fused-ring (bicyclic) bond motifs is 2. The highest BCUT2D eigenvalue weighted by Crippen LogP contribution is 2.54. The van der Waals surface area contributed by atoms with E-state index in [1.54, 1.807) is 6.07 Å². The van der Waals surface area contributed by atoms with Crippen molar-refractivity contribution in [1.29, 1.82) is 0 Å². The van der Waals surface area contributed by atoms with Crippen LogP contribution in [-0.4, -0.2) is 32.5 Å². The minimum absolute atomic E-state index is 0.152. The molecule has 202 valence electrons. The molecule has 3 atom stereocenters. The zero-order chi connectivity index (χ0) is 28.1. The molecule has 2 aliphatic heterocycles. The number of para-hydroxylation sites is 1. The summed E-state index contributed by atoms with van der Waals surface area (Å²) in [6.07, 6.45) is 0. The number of non-ortho nitro benzene ring substituents is 1. The molecule has 40 heavy (non-hydrogen) atoms. The second-order valence-electron chi connectivity index (χ2n) is 9.33. The number of amides is 3. The molecule has 2 aromatic carbocycles. The van der Waals surface area contributed by atoms with Gasteiger partial charge in [-0.2, -0.15) is 0 Å². The molecule has 4 heterocycles. The summed E-state index contributed by atoms with van der Waals surface area (Å²) in [4.78, 5) is 66.4. The van der Waals surface area contributed by atoms with E-state index in [1.165, 1.54) is 40.2 Å². The summed E-state index contributed by atoms with van der Waals surface area (Å²) < 4.78 is 1.38. The summed E-state index contributed by atoms with van der Waals surface area (Å²) in [5.41, 5.74) is 1.62. The predicted octanol–water partition coefficient (Wildman–Crippen LogP) is 4.62. The first-order valence-corrected chi connectivity index (χ1v) is 14.7. The largest absolute Gasteiger partial charge is 0.324 e. The Kier molecular flexibility index (Phi) is 6.64. The molecule has 2 aromatic heterocycles. The second kappa shape index (κ2) is 10.2. The summed E-state index contributed by atoms with van der Waals surface area (Å²) in [6, 6.07) is 16.3. The van der Waals surface area contributed by atoms with Crippen molar-refractivity contribution >= 4 is 69.2 Å². The number of carbonyl (C=O) groups excluding carboxylic acids is 3. The summed E-state index contributed by atoms with van der Waals surface area (Å²) in [5, 5.41) is 15.5. The second-order valence-corrected chi connectivity index (χ2v) is 12.4. The van der Waals surface area contributed by atoms with Crippen LogP contribution in [0.5, 0.6) is 0 Å². The Morgan fingerprint density at radius 3 is 2.45 bits per heavy atom. The molecule has 1 saturated heterocycles. The van der Waals surface area contributed by atoms with E-state index in [9.17, 15) is 29.3 Å². The van der Waals surface area contributed by atoms with Crippen LogP contribution in [-0.2, 0) is 20.9 Å². The molecule has 0 bridgehead atoms. The average Bonchev–Trinajstić information content (AvgIpc) is 3.63. The van der Waals surface area contributed by atoms with E-state index >= 15 is 0 Å². The average molecular weight is 593 g/mol. The zero-order valence-corrected chi connectivity index (χ0v) is 23.3. The van der Waals surface area contributed by atoms with Gasteiger partial charge in [0.05, 0.1) is 21.6 Å². The van der Waals surface area contributed by atoms with Gasteiger partial charge in [0.15, 0.2) is 0 Å². The van der Waals surface area contributed by atoms with Gasteiger partial charge in [-0.25, -0.2) is 4.90 Å². The first kappa shape index (κ1) is 26.2. The van der Waals surface area contributed by atoms with Crippen LogP contribution in [0, 0.1) is 23.0 Å². The van der Waals surface area contributed by atoms with Crippen LogP contribution >= 0.6 is 34.4 Å². The fourth-order valence-corrected chi connectivity index (χ4v) is 8.78. The topological polar surface area (TPSA) is 132 Å². The van der Waals surface area contributed by atoms with Gasteiger partial charge in [-0.3, -0.25) is 33.9 Å². The van der Waals surface area contributed by atoms with Crippen molar-refractivity contribution in [1.82, 2.24) is 4.57 Å². The van der Waals surface area contributed by atoms with Gasteiger partial charge in [-0.1, -0.05) is 47.4 Å². The van der Waals surface area contributed by atoms with Crippen molar-refractivity contribution in [3.05, 3.63) is 101 Å². The lowest BCUT2D eigenvalue weighted by Gasteiger charge is -2.29. The van der Waals surface area contributed by atoms with Gasteiger partial charge >= 0.3 is 4.87 Å². The molecular formula is C27H20N4O6S3. The van der Waals surface area contributed by atoms with Crippen molar-refractivity contribution in [2.75, 3.05) is 10.2 Å². The monoisotopic (exact) mass is 592 g/mol. The quantitative estimate of drug-likeness (QED) is 0.196. The van der Waals surface area contributed by atoms with Crippen molar-refractivity contribution < 1.29 is 19.3 Å². The third-order valence-corrected chi connectivity index (χ3v) is 10.5. The number of aryl methyl sites for hydroxylation is 1. The van der Waals surface area contributed by atoms with E-state index in [2.05, 4.69) is 5.32 Å². The predicted molar refractivity (Wildman–Crippen MR) is 153 cm³/mol. The summed E-state index contributed by atoms with van der Waals surface area (Å²) in [6.45, 7) is 1.63. The molecule has 3 unspecified atom stereocenters. The summed E-state index contributed by atoms with van der Waals surface area (Å²) in [5.74, 6) is -2.58. The van der Waals surface area contributed by atoms with Crippen LogP contribution in [0.1, 0.15) is 21.2 Å². The van der Waals surface area contributed by atoms with Gasteiger partial charge < -0.3 is 5.32 Å². The number of anilines is 2. The normalized spacial score (nSPS) is 19.8. The lowest BCUT2D eigenvalue weighted by atomic mass is 9.87. The number of benzene rings is 2. The fourth-order valence-electron chi connectivity index (χ4n) is 5.05. The number of nitrogens with one attached hydrogen (secondary N) is 1. The third-order valence-electron chi connectivity index (χ3n) is 6.94. The van der Waals surface area contributed by atoms with Crippen LogP contribution in [0.2, 0.25) is 0 Å². The number of nitro benzene ring substituents is 1. The Morgan fingerprint density at radius 2 is 1.77 bits per heavy atom. The van der Waals surface area contributed by atoms with Crippen molar-refractivity contribution in [3.63, 3.8) is 0 Å². The standard InChI is InChI=1S/C27H20N4O6S3/c1-14-5-2-3-6-17(14)28-19(32)13-29-26-23(40-27(29)35)20(18-7-4-12-38-18)21-22(39-26)25(34)30(24(21)33)15-8-10-16(11-9-15)31(36)37/h2-12,20-22H,13H2,1H3,(H,28,32). The van der Waals surface area contributed by atoms with Crippen LogP contribution < -0.4 is 15.1 Å². The molecule has 0 spiro atoms. The van der Waals surface area contributed by atoms with Gasteiger partial charge in [0.1, 0.15) is 11.8 Å². The smallest absolute Gasteiger partial charge is 0.308 e. The van der Waals surface area contributed by atoms with Gasteiger partial charge in [0.2, 0.25) is 17.7 Å².